The predicted molar refractivity (Wildman–Crippen MR) is 121 cm³/mol. The summed E-state index contributed by atoms with van der Waals surface area (Å²) in [6, 6.07) is 18.5. The van der Waals surface area contributed by atoms with Gasteiger partial charge in [-0.3, -0.25) is 9.69 Å². The van der Waals surface area contributed by atoms with Gasteiger partial charge in [0.15, 0.2) is 0 Å². The molecule has 2 heterocycles. The van der Waals surface area contributed by atoms with E-state index < -0.39 is 6.10 Å². The zero-order valence-corrected chi connectivity index (χ0v) is 18.0. The van der Waals surface area contributed by atoms with E-state index in [4.69, 9.17) is 0 Å². The number of aliphatic hydroxyl groups excluding tert-OH is 1. The Morgan fingerprint density at radius 2 is 1.87 bits per heavy atom. The molecule has 2 N–H and O–H groups in total. The van der Waals surface area contributed by atoms with E-state index in [9.17, 15) is 9.90 Å². The van der Waals surface area contributed by atoms with Crippen molar-refractivity contribution in [3.63, 3.8) is 0 Å². The van der Waals surface area contributed by atoms with Crippen LogP contribution in [0, 0.1) is 0 Å². The number of amides is 1. The molecule has 31 heavy (non-hydrogen) atoms. The number of benzene rings is 2. The number of fused-ring (bicyclic) bond motifs is 1. The summed E-state index contributed by atoms with van der Waals surface area (Å²) in [6.45, 7) is 2.62. The van der Waals surface area contributed by atoms with Crippen molar-refractivity contribution in [1.29, 1.82) is 0 Å². The highest BCUT2D eigenvalue weighted by atomic mass is 16.3. The Morgan fingerprint density at radius 1 is 1.13 bits per heavy atom. The summed E-state index contributed by atoms with van der Waals surface area (Å²) in [4.78, 5) is 19.2. The smallest absolute Gasteiger partial charge is 0.220 e. The van der Waals surface area contributed by atoms with Crippen molar-refractivity contribution in [2.24, 2.45) is 7.05 Å². The third kappa shape index (κ3) is 5.60. The molecule has 0 saturated carbocycles. The van der Waals surface area contributed by atoms with Crippen molar-refractivity contribution >= 4 is 5.91 Å². The number of imidazole rings is 1. The maximum Gasteiger partial charge on any atom is 0.220 e. The Labute approximate surface area is 183 Å². The summed E-state index contributed by atoms with van der Waals surface area (Å²) >= 11 is 0. The lowest BCUT2D eigenvalue weighted by molar-refractivity contribution is -0.121. The molecular formula is C25H30N4O2. The summed E-state index contributed by atoms with van der Waals surface area (Å²) in [7, 11) is 1.95. The molecule has 1 aliphatic rings. The van der Waals surface area contributed by atoms with Crippen molar-refractivity contribution in [3.8, 4) is 11.3 Å². The van der Waals surface area contributed by atoms with Crippen LogP contribution < -0.4 is 5.32 Å². The summed E-state index contributed by atoms with van der Waals surface area (Å²) in [5.74, 6) is 0.814. The van der Waals surface area contributed by atoms with E-state index in [-0.39, 0.29) is 12.5 Å². The van der Waals surface area contributed by atoms with Gasteiger partial charge in [0, 0.05) is 57.8 Å². The minimum absolute atomic E-state index is 0.0627. The first-order valence-electron chi connectivity index (χ1n) is 10.9. The van der Waals surface area contributed by atoms with Crippen LogP contribution in [0.2, 0.25) is 0 Å². The second-order valence-electron chi connectivity index (χ2n) is 8.23. The van der Waals surface area contributed by atoms with E-state index in [1.165, 1.54) is 11.1 Å². The number of hydrogen-bond acceptors (Lipinski definition) is 4. The average Bonchev–Trinajstić information content (AvgIpc) is 3.17. The molecule has 162 valence electrons. The van der Waals surface area contributed by atoms with Gasteiger partial charge in [0.2, 0.25) is 5.91 Å². The number of β-amino-alcohol motifs (C(OH)–C–C–N with tert-alkyl or cyclic N) is 1. The highest BCUT2D eigenvalue weighted by molar-refractivity contribution is 5.76. The number of carbonyl (C=O) groups is 1. The standard InChI is InChI=1S/C25H30N4O2/c1-28-18-23(20-8-3-2-4-9-20)27-24(28)11-12-25(31)26-15-22(30)17-29-14-13-19-7-5-6-10-21(19)16-29/h2-10,18,22,30H,11-17H2,1H3,(H,26,31). The molecule has 2 aromatic carbocycles. The molecule has 0 bridgehead atoms. The number of nitrogens with one attached hydrogen (secondary N) is 1. The van der Waals surface area contributed by atoms with Gasteiger partial charge < -0.3 is 15.0 Å². The zero-order valence-electron chi connectivity index (χ0n) is 18.0. The van der Waals surface area contributed by atoms with Gasteiger partial charge in [0.05, 0.1) is 11.8 Å². The van der Waals surface area contributed by atoms with Gasteiger partial charge in [-0.05, 0) is 17.5 Å². The Kier molecular flexibility index (Phi) is 6.79. The Hall–Kier alpha value is -2.96. The molecule has 0 spiro atoms. The number of nitrogens with zero attached hydrogens (tertiary/aromatic N) is 3. The Bertz CT molecular complexity index is 1020. The summed E-state index contributed by atoms with van der Waals surface area (Å²) in [5, 5.41) is 13.3. The molecule has 1 aliphatic heterocycles. The molecule has 3 aromatic rings. The van der Waals surface area contributed by atoms with Crippen molar-refractivity contribution in [1.82, 2.24) is 19.8 Å². The van der Waals surface area contributed by atoms with E-state index in [1.807, 2.05) is 48.1 Å². The number of carbonyl (C=O) groups excluding carboxylic acids is 1. The molecule has 6 heteroatoms. The molecule has 0 radical (unpaired) electrons. The first-order chi connectivity index (χ1) is 15.1. The fraction of sp³-hybridized carbons (Fsp3) is 0.360. The average molecular weight is 419 g/mol. The lowest BCUT2D eigenvalue weighted by Gasteiger charge is -2.30. The van der Waals surface area contributed by atoms with Crippen LogP contribution in [0.15, 0.2) is 60.8 Å². The molecule has 1 amide bonds. The zero-order chi connectivity index (χ0) is 21.6. The normalized spacial score (nSPS) is 14.8. The first kappa shape index (κ1) is 21.3. The monoisotopic (exact) mass is 418 g/mol. The summed E-state index contributed by atoms with van der Waals surface area (Å²) in [6.07, 6.45) is 3.33. The number of aliphatic hydroxyl groups is 1. The highest BCUT2D eigenvalue weighted by Gasteiger charge is 2.19. The van der Waals surface area contributed by atoms with E-state index in [2.05, 4.69) is 39.5 Å². The number of hydrogen-bond donors (Lipinski definition) is 2. The molecule has 0 aliphatic carbocycles. The van der Waals surface area contributed by atoms with Crippen LogP contribution in [0.1, 0.15) is 23.4 Å². The van der Waals surface area contributed by atoms with Gasteiger partial charge in [-0.25, -0.2) is 4.98 Å². The third-order valence-corrected chi connectivity index (χ3v) is 5.83. The molecule has 1 atom stereocenters. The van der Waals surface area contributed by atoms with Gasteiger partial charge >= 0.3 is 0 Å². The van der Waals surface area contributed by atoms with Crippen LogP contribution >= 0.6 is 0 Å². The molecule has 6 nitrogen and oxygen atoms in total. The molecule has 0 fully saturated rings. The fourth-order valence-corrected chi connectivity index (χ4v) is 4.10. The molecule has 1 unspecified atom stereocenters. The van der Waals surface area contributed by atoms with Crippen LogP contribution in [0.5, 0.6) is 0 Å². The highest BCUT2D eigenvalue weighted by Crippen LogP contribution is 2.19. The molecular weight excluding hydrogens is 388 g/mol. The first-order valence-corrected chi connectivity index (χ1v) is 10.9. The number of aromatic nitrogens is 2. The number of aryl methyl sites for hydroxylation is 2. The van der Waals surface area contributed by atoms with Gasteiger partial charge in [-0.2, -0.15) is 0 Å². The van der Waals surface area contributed by atoms with Gasteiger partial charge in [0.25, 0.3) is 0 Å². The minimum atomic E-state index is -0.577. The van der Waals surface area contributed by atoms with Crippen molar-refractivity contribution in [2.75, 3.05) is 19.6 Å². The largest absolute Gasteiger partial charge is 0.390 e. The maximum absolute atomic E-state index is 12.3. The SMILES string of the molecule is Cn1cc(-c2ccccc2)nc1CCC(=O)NCC(O)CN1CCc2ccccc2C1. The second-order valence-corrected chi connectivity index (χ2v) is 8.23. The Morgan fingerprint density at radius 3 is 2.68 bits per heavy atom. The summed E-state index contributed by atoms with van der Waals surface area (Å²) in [5.41, 5.74) is 4.70. The number of rotatable bonds is 8. The fourth-order valence-electron chi connectivity index (χ4n) is 4.10. The van der Waals surface area contributed by atoms with Crippen molar-refractivity contribution < 1.29 is 9.90 Å². The van der Waals surface area contributed by atoms with E-state index >= 15 is 0 Å². The maximum atomic E-state index is 12.3. The van der Waals surface area contributed by atoms with Crippen molar-refractivity contribution in [3.05, 3.63) is 77.7 Å². The molecule has 4 rings (SSSR count). The third-order valence-electron chi connectivity index (χ3n) is 5.83. The lowest BCUT2D eigenvalue weighted by atomic mass is 10.00. The van der Waals surface area contributed by atoms with Crippen LogP contribution in [-0.4, -0.2) is 51.2 Å². The topological polar surface area (TPSA) is 70.4 Å². The van der Waals surface area contributed by atoms with Crippen molar-refractivity contribution in [2.45, 2.75) is 31.9 Å². The van der Waals surface area contributed by atoms with Gasteiger partial charge in [0.1, 0.15) is 5.82 Å². The molecule has 1 aromatic heterocycles. The summed E-state index contributed by atoms with van der Waals surface area (Å²) < 4.78 is 1.97. The lowest BCUT2D eigenvalue weighted by Crippen LogP contribution is -2.42. The Balaban J connectivity index is 1.21. The predicted octanol–water partition coefficient (Wildman–Crippen LogP) is 2.56. The van der Waals surface area contributed by atoms with Crippen LogP contribution in [0.4, 0.5) is 0 Å². The van der Waals surface area contributed by atoms with Gasteiger partial charge in [-0.15, -0.1) is 0 Å². The van der Waals surface area contributed by atoms with Crippen LogP contribution in [0.3, 0.4) is 0 Å². The van der Waals surface area contributed by atoms with E-state index in [0.717, 1.165) is 36.6 Å². The van der Waals surface area contributed by atoms with E-state index in [0.29, 0.717) is 19.4 Å². The second kappa shape index (κ2) is 9.90. The van der Waals surface area contributed by atoms with Crippen LogP contribution in [0.25, 0.3) is 11.3 Å². The molecule has 0 saturated heterocycles. The van der Waals surface area contributed by atoms with Crippen LogP contribution in [-0.2, 0) is 31.2 Å². The minimum Gasteiger partial charge on any atom is -0.390 e. The van der Waals surface area contributed by atoms with Gasteiger partial charge in [-0.1, -0.05) is 54.6 Å². The quantitative estimate of drug-likeness (QED) is 0.590. The van der Waals surface area contributed by atoms with E-state index in [1.54, 1.807) is 0 Å².